The number of hydrogen-bond donors (Lipinski definition) is 3. The molecule has 1 unspecified atom stereocenters. The van der Waals surface area contributed by atoms with Gasteiger partial charge in [0.15, 0.2) is 0 Å². The second kappa shape index (κ2) is 5.09. The van der Waals surface area contributed by atoms with E-state index in [9.17, 15) is 4.79 Å². The molecule has 0 bridgehead atoms. The average molecular weight is 271 g/mol. The third-order valence-corrected chi connectivity index (χ3v) is 3.59. The molecule has 104 valence electrons. The van der Waals surface area contributed by atoms with Crippen molar-refractivity contribution in [2.24, 2.45) is 0 Å². The number of benzene rings is 1. The van der Waals surface area contributed by atoms with Gasteiger partial charge < -0.3 is 20.4 Å². The van der Waals surface area contributed by atoms with Crippen molar-refractivity contribution in [2.45, 2.75) is 19.4 Å². The molecule has 1 aliphatic heterocycles. The van der Waals surface area contributed by atoms with Crippen LogP contribution in [0.1, 0.15) is 11.1 Å². The van der Waals surface area contributed by atoms with Gasteiger partial charge >= 0.3 is 0 Å². The van der Waals surface area contributed by atoms with Crippen molar-refractivity contribution in [3.8, 4) is 5.75 Å². The second-order valence-electron chi connectivity index (χ2n) is 5.10. The van der Waals surface area contributed by atoms with Gasteiger partial charge in [-0.05, 0) is 24.1 Å². The first kappa shape index (κ1) is 12.9. The molecule has 1 aliphatic rings. The molecule has 0 aliphatic carbocycles. The minimum atomic E-state index is -0.0947. The smallest absolute Gasteiger partial charge is 0.248 e. The summed E-state index contributed by atoms with van der Waals surface area (Å²) in [5.41, 5.74) is 3.00. The number of nitrogens with one attached hydrogen (secondary N) is 3. The van der Waals surface area contributed by atoms with Gasteiger partial charge in [-0.3, -0.25) is 4.79 Å². The van der Waals surface area contributed by atoms with Crippen LogP contribution in [0, 0.1) is 12.3 Å². The molecule has 5 nitrogen and oxygen atoms in total. The van der Waals surface area contributed by atoms with Crippen LogP contribution in [0.25, 0.3) is 10.9 Å². The van der Waals surface area contributed by atoms with Crippen molar-refractivity contribution >= 4 is 17.1 Å². The molecular weight excluding hydrogens is 254 g/mol. The molecule has 2 aromatic rings. The maximum Gasteiger partial charge on any atom is 0.248 e. The van der Waals surface area contributed by atoms with E-state index in [0.717, 1.165) is 28.6 Å². The van der Waals surface area contributed by atoms with Crippen molar-refractivity contribution in [3.05, 3.63) is 39.7 Å². The van der Waals surface area contributed by atoms with Crippen LogP contribution in [0.3, 0.4) is 0 Å². The van der Waals surface area contributed by atoms with Crippen molar-refractivity contribution < 1.29 is 4.74 Å². The lowest BCUT2D eigenvalue weighted by Gasteiger charge is -2.11. The highest BCUT2D eigenvalue weighted by Crippen LogP contribution is 2.36. The standard InChI is InChI=1S/C15H17N3O2/c1-9-6-10-7-11(8-17-5-4-16)20-15(10)12-2-3-13(19)18-14(9)12/h2-4,6,11,16-17H,5,7-8H2,1H3,(H,18,19). The summed E-state index contributed by atoms with van der Waals surface area (Å²) in [7, 11) is 0. The molecule has 0 fully saturated rings. The Morgan fingerprint density at radius 1 is 1.55 bits per heavy atom. The van der Waals surface area contributed by atoms with Crippen LogP contribution in [0.2, 0.25) is 0 Å². The Morgan fingerprint density at radius 2 is 2.40 bits per heavy atom. The zero-order valence-corrected chi connectivity index (χ0v) is 11.3. The molecule has 1 aromatic heterocycles. The summed E-state index contributed by atoms with van der Waals surface area (Å²) in [5, 5.41) is 11.1. The SMILES string of the molecule is Cc1cc2c(c3ccc(=O)[nH]c13)OC(CNCC=N)C2. The number of pyridine rings is 1. The van der Waals surface area contributed by atoms with Gasteiger partial charge in [-0.25, -0.2) is 0 Å². The molecule has 1 aromatic carbocycles. The average Bonchev–Trinajstić information content (AvgIpc) is 2.82. The maximum atomic E-state index is 11.4. The maximum absolute atomic E-state index is 11.4. The van der Waals surface area contributed by atoms with Crippen LogP contribution < -0.4 is 15.6 Å². The number of rotatable bonds is 4. The van der Waals surface area contributed by atoms with E-state index in [-0.39, 0.29) is 11.7 Å². The number of fused-ring (bicyclic) bond motifs is 3. The first-order valence-corrected chi connectivity index (χ1v) is 6.71. The summed E-state index contributed by atoms with van der Waals surface area (Å²) < 4.78 is 6.00. The van der Waals surface area contributed by atoms with Crippen LogP contribution >= 0.6 is 0 Å². The van der Waals surface area contributed by atoms with Gasteiger partial charge in [0.25, 0.3) is 0 Å². The molecule has 20 heavy (non-hydrogen) atoms. The Kier molecular flexibility index (Phi) is 3.28. The number of aromatic amines is 1. The molecule has 5 heteroatoms. The number of aryl methyl sites for hydroxylation is 1. The van der Waals surface area contributed by atoms with Gasteiger partial charge in [0.05, 0.1) is 5.52 Å². The van der Waals surface area contributed by atoms with E-state index >= 15 is 0 Å². The number of ether oxygens (including phenoxy) is 1. The lowest BCUT2D eigenvalue weighted by atomic mass is 10.0. The zero-order valence-electron chi connectivity index (χ0n) is 11.3. The first-order chi connectivity index (χ1) is 9.69. The Hall–Kier alpha value is -2.14. The van der Waals surface area contributed by atoms with E-state index < -0.39 is 0 Å². The number of hydrogen-bond acceptors (Lipinski definition) is 4. The number of aromatic nitrogens is 1. The normalized spacial score (nSPS) is 16.9. The molecule has 3 N–H and O–H groups in total. The predicted molar refractivity (Wildman–Crippen MR) is 79.1 cm³/mol. The van der Waals surface area contributed by atoms with E-state index in [1.807, 2.05) is 13.0 Å². The van der Waals surface area contributed by atoms with Gasteiger partial charge in [0.2, 0.25) is 5.56 Å². The van der Waals surface area contributed by atoms with Crippen molar-refractivity contribution in [1.82, 2.24) is 10.3 Å². The number of H-pyrrole nitrogens is 1. The summed E-state index contributed by atoms with van der Waals surface area (Å²) in [6.07, 6.45) is 2.28. The van der Waals surface area contributed by atoms with Crippen molar-refractivity contribution in [2.75, 3.05) is 13.1 Å². The molecule has 3 rings (SSSR count). The lowest BCUT2D eigenvalue weighted by molar-refractivity contribution is 0.232. The highest BCUT2D eigenvalue weighted by atomic mass is 16.5. The van der Waals surface area contributed by atoms with Crippen LogP contribution in [0.4, 0.5) is 0 Å². The molecule has 2 heterocycles. The Balaban J connectivity index is 1.95. The molecule has 1 atom stereocenters. The fourth-order valence-electron chi connectivity index (χ4n) is 2.72. The van der Waals surface area contributed by atoms with Crippen LogP contribution in [-0.2, 0) is 6.42 Å². The minimum Gasteiger partial charge on any atom is -0.488 e. The van der Waals surface area contributed by atoms with Crippen LogP contribution in [-0.4, -0.2) is 30.4 Å². The third-order valence-electron chi connectivity index (χ3n) is 3.59. The first-order valence-electron chi connectivity index (χ1n) is 6.71. The zero-order chi connectivity index (χ0) is 14.1. The Labute approximate surface area is 116 Å². The van der Waals surface area contributed by atoms with Crippen LogP contribution in [0.5, 0.6) is 5.75 Å². The summed E-state index contributed by atoms with van der Waals surface area (Å²) in [6.45, 7) is 3.27. The fourth-order valence-corrected chi connectivity index (χ4v) is 2.72. The topological polar surface area (TPSA) is 78.0 Å². The quantitative estimate of drug-likeness (QED) is 0.580. The molecule has 0 saturated carbocycles. The van der Waals surface area contributed by atoms with Gasteiger partial charge in [-0.2, -0.15) is 0 Å². The van der Waals surface area contributed by atoms with E-state index in [1.165, 1.54) is 17.8 Å². The van der Waals surface area contributed by atoms with E-state index in [0.29, 0.717) is 13.1 Å². The molecule has 0 saturated heterocycles. The minimum absolute atomic E-state index is 0.0851. The second-order valence-corrected chi connectivity index (χ2v) is 5.10. The van der Waals surface area contributed by atoms with E-state index in [1.54, 1.807) is 0 Å². The Morgan fingerprint density at radius 3 is 3.20 bits per heavy atom. The van der Waals surface area contributed by atoms with Crippen LogP contribution in [0.15, 0.2) is 23.0 Å². The van der Waals surface area contributed by atoms with Gasteiger partial charge in [0.1, 0.15) is 11.9 Å². The molecule has 0 amide bonds. The summed E-state index contributed by atoms with van der Waals surface area (Å²) in [4.78, 5) is 14.3. The van der Waals surface area contributed by atoms with E-state index in [4.69, 9.17) is 10.1 Å². The summed E-state index contributed by atoms with van der Waals surface area (Å²) in [6, 6.07) is 5.45. The fraction of sp³-hybridized carbons (Fsp3) is 0.333. The lowest BCUT2D eigenvalue weighted by Crippen LogP contribution is -2.31. The largest absolute Gasteiger partial charge is 0.488 e. The molecule has 0 spiro atoms. The summed E-state index contributed by atoms with van der Waals surface area (Å²) >= 11 is 0. The predicted octanol–water partition coefficient (Wildman–Crippen LogP) is 1.38. The van der Waals surface area contributed by atoms with Crippen molar-refractivity contribution in [3.63, 3.8) is 0 Å². The van der Waals surface area contributed by atoms with Gasteiger partial charge in [-0.1, -0.05) is 6.07 Å². The molecular formula is C15H17N3O2. The molecule has 0 radical (unpaired) electrons. The van der Waals surface area contributed by atoms with Crippen molar-refractivity contribution in [1.29, 1.82) is 5.41 Å². The van der Waals surface area contributed by atoms with Gasteiger partial charge in [0, 0.05) is 37.2 Å². The monoisotopic (exact) mass is 271 g/mol. The highest BCUT2D eigenvalue weighted by Gasteiger charge is 2.25. The summed E-state index contributed by atoms with van der Waals surface area (Å²) in [5.74, 6) is 0.878. The van der Waals surface area contributed by atoms with Gasteiger partial charge in [-0.15, -0.1) is 0 Å². The Bertz CT molecular complexity index is 721. The third kappa shape index (κ3) is 2.20. The van der Waals surface area contributed by atoms with E-state index in [2.05, 4.69) is 16.4 Å². The highest BCUT2D eigenvalue weighted by molar-refractivity contribution is 5.89.